The number of anilines is 1. The van der Waals surface area contributed by atoms with Gasteiger partial charge in [-0.15, -0.1) is 0 Å². The lowest BCUT2D eigenvalue weighted by Gasteiger charge is -2.17. The van der Waals surface area contributed by atoms with Gasteiger partial charge < -0.3 is 10.6 Å². The van der Waals surface area contributed by atoms with Crippen molar-refractivity contribution in [3.8, 4) is 0 Å². The first kappa shape index (κ1) is 20.6. The fraction of sp³-hybridized carbons (Fsp3) is 0.364. The van der Waals surface area contributed by atoms with Gasteiger partial charge in [-0.05, 0) is 43.5 Å². The van der Waals surface area contributed by atoms with Gasteiger partial charge in [0.1, 0.15) is 5.82 Å². The molecule has 0 radical (unpaired) electrons. The van der Waals surface area contributed by atoms with E-state index in [2.05, 4.69) is 17.6 Å². The van der Waals surface area contributed by atoms with Gasteiger partial charge in [0.05, 0.1) is 11.3 Å². The molecule has 2 aromatic carbocycles. The highest BCUT2D eigenvalue weighted by Gasteiger charge is 2.21. The number of unbranched alkanes of at least 4 members (excludes halogenated alkanes) is 3. The molecular formula is C22H27FN2O2. The Balaban J connectivity index is 2.36. The van der Waals surface area contributed by atoms with E-state index in [4.69, 9.17) is 0 Å². The molecule has 2 amide bonds. The van der Waals surface area contributed by atoms with Gasteiger partial charge in [-0.3, -0.25) is 9.59 Å². The third kappa shape index (κ3) is 5.16. The zero-order valence-corrected chi connectivity index (χ0v) is 16.2. The van der Waals surface area contributed by atoms with Crippen LogP contribution in [0.3, 0.4) is 0 Å². The number of aryl methyl sites for hydroxylation is 1. The van der Waals surface area contributed by atoms with Crippen molar-refractivity contribution in [1.29, 1.82) is 0 Å². The smallest absolute Gasteiger partial charge is 0.255 e. The van der Waals surface area contributed by atoms with E-state index in [-0.39, 0.29) is 34.4 Å². The number of hydrogen-bond donors (Lipinski definition) is 2. The second kappa shape index (κ2) is 9.86. The molecule has 0 saturated carbocycles. The molecule has 0 heterocycles. The monoisotopic (exact) mass is 370 g/mol. The van der Waals surface area contributed by atoms with Gasteiger partial charge in [-0.25, -0.2) is 4.39 Å². The molecular weight excluding hydrogens is 343 g/mol. The van der Waals surface area contributed by atoms with Crippen molar-refractivity contribution in [2.75, 3.05) is 12.4 Å². The summed E-state index contributed by atoms with van der Waals surface area (Å²) in [5, 5.41) is 5.29. The fourth-order valence-corrected chi connectivity index (χ4v) is 3.04. The molecule has 0 aliphatic rings. The highest BCUT2D eigenvalue weighted by atomic mass is 19.1. The highest BCUT2D eigenvalue weighted by molar-refractivity contribution is 6.09. The number of nitrogens with one attached hydrogen (secondary N) is 2. The molecule has 2 N–H and O–H groups in total. The topological polar surface area (TPSA) is 58.2 Å². The number of benzene rings is 2. The number of hydrogen-bond acceptors (Lipinski definition) is 2. The maximum atomic E-state index is 14.9. The Morgan fingerprint density at radius 1 is 1.04 bits per heavy atom. The average Bonchev–Trinajstić information content (AvgIpc) is 2.70. The van der Waals surface area contributed by atoms with Crippen LogP contribution in [0.5, 0.6) is 0 Å². The lowest BCUT2D eigenvalue weighted by atomic mass is 9.97. The summed E-state index contributed by atoms with van der Waals surface area (Å²) in [6, 6.07) is 10.2. The maximum Gasteiger partial charge on any atom is 0.255 e. The molecule has 0 atom stereocenters. The van der Waals surface area contributed by atoms with E-state index in [1.54, 1.807) is 37.3 Å². The van der Waals surface area contributed by atoms with Crippen molar-refractivity contribution in [2.24, 2.45) is 0 Å². The largest absolute Gasteiger partial charge is 0.355 e. The van der Waals surface area contributed by atoms with Crippen LogP contribution in [0, 0.1) is 12.7 Å². The van der Waals surface area contributed by atoms with E-state index < -0.39 is 0 Å². The third-order valence-corrected chi connectivity index (χ3v) is 4.62. The summed E-state index contributed by atoms with van der Waals surface area (Å²) >= 11 is 0. The Bertz CT molecular complexity index is 804. The van der Waals surface area contributed by atoms with E-state index >= 15 is 0 Å². The molecule has 27 heavy (non-hydrogen) atoms. The summed E-state index contributed by atoms with van der Waals surface area (Å²) in [5.74, 6) is -1.09. The van der Waals surface area contributed by atoms with Crippen LogP contribution in [0.15, 0.2) is 36.4 Å². The first-order chi connectivity index (χ1) is 13.0. The molecule has 144 valence electrons. The van der Waals surface area contributed by atoms with Crippen LogP contribution in [0.25, 0.3) is 0 Å². The van der Waals surface area contributed by atoms with Gasteiger partial charge in [0, 0.05) is 18.2 Å². The van der Waals surface area contributed by atoms with Crippen molar-refractivity contribution in [3.63, 3.8) is 0 Å². The van der Waals surface area contributed by atoms with Gasteiger partial charge in [0.2, 0.25) is 0 Å². The summed E-state index contributed by atoms with van der Waals surface area (Å²) in [7, 11) is 1.52. The van der Waals surface area contributed by atoms with Crippen LogP contribution < -0.4 is 10.6 Å². The standard InChI is InChI=1S/C22H27FN2O2/c1-4-5-6-8-13-17-14-18(22(27)24-3)20(15(2)19(17)23)25-21(26)16-11-9-7-10-12-16/h7,9-12,14H,4-6,8,13H2,1-3H3,(H,24,27)(H,25,26). The van der Waals surface area contributed by atoms with E-state index in [1.807, 2.05) is 6.07 Å². The van der Waals surface area contributed by atoms with Gasteiger partial charge in [-0.1, -0.05) is 44.4 Å². The Kier molecular flexibility index (Phi) is 7.53. The van der Waals surface area contributed by atoms with E-state index in [9.17, 15) is 14.0 Å². The minimum Gasteiger partial charge on any atom is -0.355 e. The quantitative estimate of drug-likeness (QED) is 0.652. The Labute approximate surface area is 160 Å². The average molecular weight is 370 g/mol. The molecule has 0 spiro atoms. The van der Waals surface area contributed by atoms with Crippen molar-refractivity contribution in [2.45, 2.75) is 46.0 Å². The van der Waals surface area contributed by atoms with E-state index in [0.717, 1.165) is 25.7 Å². The normalized spacial score (nSPS) is 10.5. The van der Waals surface area contributed by atoms with E-state index in [1.165, 1.54) is 7.05 Å². The lowest BCUT2D eigenvalue weighted by molar-refractivity contribution is 0.0963. The summed E-state index contributed by atoms with van der Waals surface area (Å²) in [5.41, 5.74) is 1.75. The second-order valence-corrected chi connectivity index (χ2v) is 6.61. The van der Waals surface area contributed by atoms with E-state index in [0.29, 0.717) is 17.5 Å². The van der Waals surface area contributed by atoms with Crippen LogP contribution in [0.1, 0.15) is 64.4 Å². The number of carbonyl (C=O) groups excluding carboxylic acids is 2. The SMILES string of the molecule is CCCCCCc1cc(C(=O)NC)c(NC(=O)c2ccccc2)c(C)c1F. The van der Waals surface area contributed by atoms with Crippen LogP contribution >= 0.6 is 0 Å². The summed E-state index contributed by atoms with van der Waals surface area (Å²) in [6.07, 6.45) is 4.68. The molecule has 0 aliphatic carbocycles. The van der Waals surface area contributed by atoms with Crippen LogP contribution in [-0.4, -0.2) is 18.9 Å². The number of halogens is 1. The fourth-order valence-electron chi connectivity index (χ4n) is 3.04. The summed E-state index contributed by atoms with van der Waals surface area (Å²) < 4.78 is 14.9. The number of carbonyl (C=O) groups is 2. The predicted octanol–water partition coefficient (Wildman–Crippen LogP) is 4.87. The molecule has 0 aliphatic heterocycles. The third-order valence-electron chi connectivity index (χ3n) is 4.62. The molecule has 2 rings (SSSR count). The first-order valence-electron chi connectivity index (χ1n) is 9.40. The molecule has 0 saturated heterocycles. The molecule has 4 nitrogen and oxygen atoms in total. The zero-order valence-electron chi connectivity index (χ0n) is 16.2. The first-order valence-corrected chi connectivity index (χ1v) is 9.40. The minimum atomic E-state index is -0.376. The van der Waals surface area contributed by atoms with Crippen LogP contribution in [0.4, 0.5) is 10.1 Å². The van der Waals surface area contributed by atoms with Crippen LogP contribution in [0.2, 0.25) is 0 Å². The van der Waals surface area contributed by atoms with Crippen molar-refractivity contribution < 1.29 is 14.0 Å². The predicted molar refractivity (Wildman–Crippen MR) is 107 cm³/mol. The Hall–Kier alpha value is -2.69. The zero-order chi connectivity index (χ0) is 19.8. The number of rotatable bonds is 8. The Morgan fingerprint density at radius 3 is 2.37 bits per heavy atom. The maximum absolute atomic E-state index is 14.9. The van der Waals surface area contributed by atoms with Gasteiger partial charge in [0.15, 0.2) is 0 Å². The van der Waals surface area contributed by atoms with Gasteiger partial charge in [0.25, 0.3) is 11.8 Å². The van der Waals surface area contributed by atoms with Gasteiger partial charge >= 0.3 is 0 Å². The second-order valence-electron chi connectivity index (χ2n) is 6.61. The highest BCUT2D eigenvalue weighted by Crippen LogP contribution is 2.28. The van der Waals surface area contributed by atoms with Crippen molar-refractivity contribution >= 4 is 17.5 Å². The molecule has 5 heteroatoms. The Morgan fingerprint density at radius 2 is 1.74 bits per heavy atom. The minimum absolute atomic E-state index is 0.220. The molecule has 0 fully saturated rings. The molecule has 0 unspecified atom stereocenters. The summed E-state index contributed by atoms with van der Waals surface area (Å²) in [6.45, 7) is 3.72. The molecule has 2 aromatic rings. The van der Waals surface area contributed by atoms with Gasteiger partial charge in [-0.2, -0.15) is 0 Å². The number of amides is 2. The van der Waals surface area contributed by atoms with Crippen LogP contribution in [-0.2, 0) is 6.42 Å². The summed E-state index contributed by atoms with van der Waals surface area (Å²) in [4.78, 5) is 24.9. The molecule has 0 bridgehead atoms. The molecule has 0 aromatic heterocycles. The van der Waals surface area contributed by atoms with Crippen molar-refractivity contribution in [1.82, 2.24) is 5.32 Å². The lowest BCUT2D eigenvalue weighted by Crippen LogP contribution is -2.23. The van der Waals surface area contributed by atoms with Crippen molar-refractivity contribution in [3.05, 3.63) is 64.5 Å².